The Morgan fingerprint density at radius 3 is 2.65 bits per heavy atom. The molecule has 17 heavy (non-hydrogen) atoms. The normalized spacial score (nSPS) is 25.3. The fraction of sp³-hybridized carbons (Fsp3) is 0.833. The third-order valence-corrected chi connectivity index (χ3v) is 3.43. The molecular formula is C12H22N2O3. The van der Waals surface area contributed by atoms with Crippen LogP contribution >= 0.6 is 0 Å². The number of amides is 2. The highest BCUT2D eigenvalue weighted by molar-refractivity contribution is 5.75. The minimum atomic E-state index is -0.755. The molecule has 2 amide bonds. The van der Waals surface area contributed by atoms with E-state index in [0.717, 1.165) is 12.8 Å². The lowest BCUT2D eigenvalue weighted by Crippen LogP contribution is -2.42. The third-order valence-electron chi connectivity index (χ3n) is 3.43. The van der Waals surface area contributed by atoms with Crippen LogP contribution in [0.2, 0.25) is 0 Å². The maximum Gasteiger partial charge on any atom is 0.315 e. The van der Waals surface area contributed by atoms with Crippen molar-refractivity contribution < 1.29 is 14.7 Å². The average molecular weight is 242 g/mol. The van der Waals surface area contributed by atoms with E-state index in [4.69, 9.17) is 5.11 Å². The zero-order chi connectivity index (χ0) is 12.8. The van der Waals surface area contributed by atoms with E-state index in [0.29, 0.717) is 25.3 Å². The van der Waals surface area contributed by atoms with E-state index < -0.39 is 5.97 Å². The molecule has 98 valence electrons. The summed E-state index contributed by atoms with van der Waals surface area (Å²) in [4.78, 5) is 22.3. The van der Waals surface area contributed by atoms with Crippen molar-refractivity contribution in [3.05, 3.63) is 0 Å². The molecule has 0 aromatic carbocycles. The van der Waals surface area contributed by atoms with E-state index in [9.17, 15) is 9.59 Å². The zero-order valence-electron chi connectivity index (χ0n) is 10.5. The lowest BCUT2D eigenvalue weighted by Gasteiger charge is -2.15. The summed E-state index contributed by atoms with van der Waals surface area (Å²) in [5.41, 5.74) is 0. The van der Waals surface area contributed by atoms with Gasteiger partial charge in [0.15, 0.2) is 0 Å². The number of carboxylic acid groups (broad SMARTS) is 1. The van der Waals surface area contributed by atoms with Gasteiger partial charge in [0.25, 0.3) is 0 Å². The molecule has 3 N–H and O–H groups in total. The Labute approximate surface area is 102 Å². The molecule has 1 fully saturated rings. The molecule has 0 aliphatic heterocycles. The van der Waals surface area contributed by atoms with Gasteiger partial charge in [-0.3, -0.25) is 4.79 Å². The van der Waals surface area contributed by atoms with Crippen molar-refractivity contribution in [2.45, 2.75) is 45.6 Å². The maximum absolute atomic E-state index is 11.5. The molecule has 1 unspecified atom stereocenters. The second-order valence-corrected chi connectivity index (χ2v) is 4.91. The monoisotopic (exact) mass is 242 g/mol. The number of carbonyl (C=O) groups is 2. The van der Waals surface area contributed by atoms with Crippen LogP contribution < -0.4 is 10.6 Å². The van der Waals surface area contributed by atoms with Crippen molar-refractivity contribution in [3.63, 3.8) is 0 Å². The molecule has 1 aliphatic carbocycles. The van der Waals surface area contributed by atoms with E-state index in [2.05, 4.69) is 24.5 Å². The van der Waals surface area contributed by atoms with Crippen LogP contribution in [0.4, 0.5) is 4.79 Å². The first-order valence-corrected chi connectivity index (χ1v) is 6.30. The average Bonchev–Trinajstić information content (AvgIpc) is 2.74. The molecule has 1 aliphatic rings. The van der Waals surface area contributed by atoms with Crippen LogP contribution in [0.15, 0.2) is 0 Å². The molecule has 0 aromatic heterocycles. The Hall–Kier alpha value is -1.26. The largest absolute Gasteiger partial charge is 0.481 e. The summed E-state index contributed by atoms with van der Waals surface area (Å²) in [6, 6.07) is -0.172. The van der Waals surface area contributed by atoms with Gasteiger partial charge in [0, 0.05) is 12.6 Å². The van der Waals surface area contributed by atoms with Crippen molar-refractivity contribution in [1.29, 1.82) is 0 Å². The predicted molar refractivity (Wildman–Crippen MR) is 64.8 cm³/mol. The smallest absolute Gasteiger partial charge is 0.315 e. The van der Waals surface area contributed by atoms with Crippen molar-refractivity contribution in [2.24, 2.45) is 11.8 Å². The number of rotatable bonds is 5. The van der Waals surface area contributed by atoms with Crippen molar-refractivity contribution >= 4 is 12.0 Å². The van der Waals surface area contributed by atoms with E-state index in [1.165, 1.54) is 0 Å². The summed E-state index contributed by atoms with van der Waals surface area (Å²) >= 11 is 0. The summed E-state index contributed by atoms with van der Waals surface area (Å²) in [6.07, 6.45) is 3.00. The van der Waals surface area contributed by atoms with E-state index in [1.807, 2.05) is 0 Å². The van der Waals surface area contributed by atoms with Gasteiger partial charge < -0.3 is 15.7 Å². The zero-order valence-corrected chi connectivity index (χ0v) is 10.5. The summed E-state index contributed by atoms with van der Waals surface area (Å²) in [5.74, 6) is -0.583. The summed E-state index contributed by atoms with van der Waals surface area (Å²) < 4.78 is 0. The summed E-state index contributed by atoms with van der Waals surface area (Å²) in [5, 5.41) is 14.5. The predicted octanol–water partition coefficient (Wildman–Crippen LogP) is 1.58. The van der Waals surface area contributed by atoms with Crippen LogP contribution in [0.5, 0.6) is 0 Å². The molecule has 0 spiro atoms. The van der Waals surface area contributed by atoms with Gasteiger partial charge in [-0.05, 0) is 25.2 Å². The first kappa shape index (κ1) is 13.8. The Morgan fingerprint density at radius 2 is 2.12 bits per heavy atom. The minimum Gasteiger partial charge on any atom is -0.481 e. The minimum absolute atomic E-state index is 0.00744. The maximum atomic E-state index is 11.5. The van der Waals surface area contributed by atoms with Crippen LogP contribution in [0.1, 0.15) is 39.5 Å². The third kappa shape index (κ3) is 4.63. The highest BCUT2D eigenvalue weighted by atomic mass is 16.4. The molecule has 0 aromatic rings. The second-order valence-electron chi connectivity index (χ2n) is 4.91. The molecule has 1 rings (SSSR count). The van der Waals surface area contributed by atoms with E-state index in [-0.39, 0.29) is 18.0 Å². The van der Waals surface area contributed by atoms with Gasteiger partial charge >= 0.3 is 12.0 Å². The Balaban J connectivity index is 2.22. The van der Waals surface area contributed by atoms with E-state index in [1.54, 1.807) is 0 Å². The number of aliphatic carboxylic acids is 1. The standard InChI is InChI=1S/C12H22N2O3/c1-3-8(2)7-13-12(17)14-10-5-4-9(6-10)11(15)16/h8-10H,3-7H2,1-2H3,(H,15,16)(H2,13,14,17)/t8?,9-,10+/m1/s1. The van der Waals surface area contributed by atoms with Crippen LogP contribution in [-0.4, -0.2) is 29.7 Å². The van der Waals surface area contributed by atoms with Crippen LogP contribution in [-0.2, 0) is 4.79 Å². The van der Waals surface area contributed by atoms with Crippen LogP contribution in [0.25, 0.3) is 0 Å². The lowest BCUT2D eigenvalue weighted by atomic mass is 10.1. The Morgan fingerprint density at radius 1 is 1.41 bits per heavy atom. The Bertz CT molecular complexity index is 281. The molecule has 3 atom stereocenters. The molecule has 5 nitrogen and oxygen atoms in total. The number of hydrogen-bond donors (Lipinski definition) is 3. The summed E-state index contributed by atoms with van der Waals surface area (Å²) in [6.45, 7) is 4.83. The molecule has 0 bridgehead atoms. The van der Waals surface area contributed by atoms with Crippen molar-refractivity contribution in [3.8, 4) is 0 Å². The molecule has 0 radical (unpaired) electrons. The topological polar surface area (TPSA) is 78.4 Å². The van der Waals surface area contributed by atoms with Crippen molar-refractivity contribution in [1.82, 2.24) is 10.6 Å². The van der Waals surface area contributed by atoms with Gasteiger partial charge in [0.1, 0.15) is 0 Å². The molecule has 0 saturated heterocycles. The second kappa shape index (κ2) is 6.47. The SMILES string of the molecule is CCC(C)CNC(=O)N[C@H]1CC[C@@H](C(=O)O)C1. The lowest BCUT2D eigenvalue weighted by molar-refractivity contribution is -0.141. The van der Waals surface area contributed by atoms with Gasteiger partial charge in [-0.2, -0.15) is 0 Å². The first-order valence-electron chi connectivity index (χ1n) is 6.30. The molecule has 0 heterocycles. The fourth-order valence-corrected chi connectivity index (χ4v) is 1.98. The summed E-state index contributed by atoms with van der Waals surface area (Å²) in [7, 11) is 0. The quantitative estimate of drug-likeness (QED) is 0.685. The van der Waals surface area contributed by atoms with Gasteiger partial charge in [0.05, 0.1) is 5.92 Å². The van der Waals surface area contributed by atoms with Gasteiger partial charge in [-0.15, -0.1) is 0 Å². The van der Waals surface area contributed by atoms with E-state index >= 15 is 0 Å². The van der Waals surface area contributed by atoms with Gasteiger partial charge in [-0.25, -0.2) is 4.79 Å². The number of carbonyl (C=O) groups excluding carboxylic acids is 1. The first-order chi connectivity index (χ1) is 8.02. The molecule has 1 saturated carbocycles. The number of nitrogens with one attached hydrogen (secondary N) is 2. The van der Waals surface area contributed by atoms with Crippen LogP contribution in [0.3, 0.4) is 0 Å². The highest BCUT2D eigenvalue weighted by Gasteiger charge is 2.30. The Kier molecular flexibility index (Phi) is 5.25. The molecule has 5 heteroatoms. The number of urea groups is 1. The number of carboxylic acids is 1. The number of hydrogen-bond acceptors (Lipinski definition) is 2. The van der Waals surface area contributed by atoms with Gasteiger partial charge in [-0.1, -0.05) is 20.3 Å². The van der Waals surface area contributed by atoms with Gasteiger partial charge in [0.2, 0.25) is 0 Å². The highest BCUT2D eigenvalue weighted by Crippen LogP contribution is 2.25. The van der Waals surface area contributed by atoms with Crippen molar-refractivity contribution in [2.75, 3.05) is 6.54 Å². The fourth-order valence-electron chi connectivity index (χ4n) is 1.98. The molecular weight excluding hydrogens is 220 g/mol. The van der Waals surface area contributed by atoms with Crippen LogP contribution in [0, 0.1) is 11.8 Å².